The van der Waals surface area contributed by atoms with E-state index in [1.807, 2.05) is 6.92 Å². The van der Waals surface area contributed by atoms with Crippen molar-refractivity contribution in [3.63, 3.8) is 0 Å². The second-order valence-electron chi connectivity index (χ2n) is 3.95. The van der Waals surface area contributed by atoms with Gasteiger partial charge >= 0.3 is 5.97 Å². The highest BCUT2D eigenvalue weighted by Crippen LogP contribution is 2.36. The van der Waals surface area contributed by atoms with Gasteiger partial charge in [-0.3, -0.25) is 4.79 Å². The average molecular weight is 238 g/mol. The van der Waals surface area contributed by atoms with Gasteiger partial charge in [-0.15, -0.1) is 0 Å². The van der Waals surface area contributed by atoms with Gasteiger partial charge in [0.1, 0.15) is 6.04 Å². The van der Waals surface area contributed by atoms with Crippen LogP contribution in [0.2, 0.25) is 0 Å². The van der Waals surface area contributed by atoms with E-state index >= 15 is 0 Å². The summed E-state index contributed by atoms with van der Waals surface area (Å²) in [5, 5.41) is 8.84. The monoisotopic (exact) mass is 238 g/mol. The van der Waals surface area contributed by atoms with Gasteiger partial charge < -0.3 is 26.0 Å². The molecule has 2 rings (SSSR count). The first-order valence-corrected chi connectivity index (χ1v) is 5.15. The Kier molecular flexibility index (Phi) is 2.91. The molecule has 1 aliphatic rings. The fourth-order valence-corrected chi connectivity index (χ4v) is 1.77. The second-order valence-corrected chi connectivity index (χ2v) is 3.95. The summed E-state index contributed by atoms with van der Waals surface area (Å²) in [5.41, 5.74) is 12.8. The predicted octanol–water partition coefficient (Wildman–Crippen LogP) is 0.135. The molecule has 0 radical (unpaired) electrons. The molecule has 1 aromatic rings. The number of benzene rings is 1. The Morgan fingerprint density at radius 3 is 2.53 bits per heavy atom. The summed E-state index contributed by atoms with van der Waals surface area (Å²) in [6, 6.07) is 1.54. The van der Waals surface area contributed by atoms with Crippen LogP contribution in [0.3, 0.4) is 0 Å². The molecule has 5 N–H and O–H groups in total. The fraction of sp³-hybridized carbons (Fsp3) is 0.364. The quantitative estimate of drug-likeness (QED) is 0.691. The minimum atomic E-state index is -1.14. The van der Waals surface area contributed by atoms with E-state index in [1.54, 1.807) is 12.1 Å². The van der Waals surface area contributed by atoms with Crippen molar-refractivity contribution < 1.29 is 19.4 Å². The van der Waals surface area contributed by atoms with Crippen molar-refractivity contribution in [2.75, 3.05) is 6.79 Å². The van der Waals surface area contributed by atoms with Gasteiger partial charge in [0.15, 0.2) is 11.5 Å². The van der Waals surface area contributed by atoms with Gasteiger partial charge in [0.05, 0.1) is 6.04 Å². The smallest absolute Gasteiger partial charge is 0.322 e. The number of aryl methyl sites for hydroxylation is 1. The highest BCUT2D eigenvalue weighted by Gasteiger charge is 2.26. The summed E-state index contributed by atoms with van der Waals surface area (Å²) in [6.45, 7) is 1.99. The number of carbonyl (C=O) groups is 1. The molecule has 0 spiro atoms. The van der Waals surface area contributed by atoms with Crippen LogP contribution in [0.5, 0.6) is 11.5 Å². The molecule has 92 valence electrons. The third-order valence-electron chi connectivity index (χ3n) is 2.79. The van der Waals surface area contributed by atoms with Crippen molar-refractivity contribution >= 4 is 5.97 Å². The number of hydrogen-bond donors (Lipinski definition) is 3. The standard InChI is InChI=1S/C11H14N2O4/c1-5-2-7-8(17-4-16-7)3-6(5)9(12)10(13)11(14)15/h2-3,9-10H,4,12-13H2,1H3,(H,14,15). The van der Waals surface area contributed by atoms with Crippen LogP contribution in [0.15, 0.2) is 12.1 Å². The number of ether oxygens (including phenoxy) is 2. The number of nitrogens with two attached hydrogens (primary N) is 2. The molecule has 2 atom stereocenters. The first-order chi connectivity index (χ1) is 8.00. The number of fused-ring (bicyclic) bond motifs is 1. The lowest BCUT2D eigenvalue weighted by Gasteiger charge is -2.18. The first kappa shape index (κ1) is 11.7. The van der Waals surface area contributed by atoms with Crippen molar-refractivity contribution in [3.05, 3.63) is 23.3 Å². The Bertz CT molecular complexity index is 461. The van der Waals surface area contributed by atoms with Gasteiger partial charge in [0.25, 0.3) is 0 Å². The highest BCUT2D eigenvalue weighted by atomic mass is 16.7. The first-order valence-electron chi connectivity index (χ1n) is 5.15. The minimum Gasteiger partial charge on any atom is -0.480 e. The molecular weight excluding hydrogens is 224 g/mol. The van der Waals surface area contributed by atoms with Crippen LogP contribution < -0.4 is 20.9 Å². The molecule has 0 fully saturated rings. The van der Waals surface area contributed by atoms with Crippen LogP contribution in [0.1, 0.15) is 17.2 Å². The molecular formula is C11H14N2O4. The van der Waals surface area contributed by atoms with Gasteiger partial charge in [-0.05, 0) is 30.2 Å². The Hall–Kier alpha value is -1.79. The molecule has 0 amide bonds. The second kappa shape index (κ2) is 4.23. The number of rotatable bonds is 3. The number of aliphatic carboxylic acids is 1. The minimum absolute atomic E-state index is 0.165. The number of carboxylic acids is 1. The van der Waals surface area contributed by atoms with Crippen LogP contribution in [-0.4, -0.2) is 23.9 Å². The topological polar surface area (TPSA) is 108 Å². The number of hydrogen-bond acceptors (Lipinski definition) is 5. The van der Waals surface area contributed by atoms with Crippen LogP contribution in [0.25, 0.3) is 0 Å². The van der Waals surface area contributed by atoms with E-state index in [1.165, 1.54) is 0 Å². The Balaban J connectivity index is 2.35. The van der Waals surface area contributed by atoms with Crippen molar-refractivity contribution in [2.24, 2.45) is 11.5 Å². The molecule has 0 bridgehead atoms. The largest absolute Gasteiger partial charge is 0.480 e. The Morgan fingerprint density at radius 2 is 1.94 bits per heavy atom. The molecule has 1 aliphatic heterocycles. The normalized spacial score (nSPS) is 16.6. The molecule has 0 aliphatic carbocycles. The van der Waals surface area contributed by atoms with Crippen LogP contribution >= 0.6 is 0 Å². The van der Waals surface area contributed by atoms with Crippen LogP contribution in [0, 0.1) is 6.92 Å². The van der Waals surface area contributed by atoms with Crippen molar-refractivity contribution in [1.29, 1.82) is 0 Å². The number of carboxylic acid groups (broad SMARTS) is 1. The molecule has 6 nitrogen and oxygen atoms in total. The van der Waals surface area contributed by atoms with Crippen molar-refractivity contribution in [3.8, 4) is 11.5 Å². The highest BCUT2D eigenvalue weighted by molar-refractivity contribution is 5.74. The lowest BCUT2D eigenvalue weighted by Crippen LogP contribution is -2.41. The van der Waals surface area contributed by atoms with Gasteiger partial charge in [-0.2, -0.15) is 0 Å². The maximum absolute atomic E-state index is 10.8. The van der Waals surface area contributed by atoms with Crippen LogP contribution in [0.4, 0.5) is 0 Å². The van der Waals surface area contributed by atoms with E-state index in [-0.39, 0.29) is 6.79 Å². The van der Waals surface area contributed by atoms with Gasteiger partial charge in [-0.1, -0.05) is 0 Å². The van der Waals surface area contributed by atoms with Gasteiger partial charge in [0, 0.05) is 0 Å². The van der Waals surface area contributed by atoms with E-state index in [0.717, 1.165) is 5.56 Å². The van der Waals surface area contributed by atoms with E-state index in [9.17, 15) is 4.79 Å². The van der Waals surface area contributed by atoms with E-state index < -0.39 is 18.1 Å². The summed E-state index contributed by atoms with van der Waals surface area (Å²) < 4.78 is 10.4. The maximum Gasteiger partial charge on any atom is 0.322 e. The van der Waals surface area contributed by atoms with Gasteiger partial charge in [-0.25, -0.2) is 0 Å². The molecule has 1 aromatic carbocycles. The predicted molar refractivity (Wildman–Crippen MR) is 59.8 cm³/mol. The third-order valence-corrected chi connectivity index (χ3v) is 2.79. The van der Waals surface area contributed by atoms with E-state index in [2.05, 4.69) is 0 Å². The SMILES string of the molecule is Cc1cc2c(cc1C(N)C(N)C(=O)O)OCO2. The van der Waals surface area contributed by atoms with Crippen molar-refractivity contribution in [1.82, 2.24) is 0 Å². The summed E-state index contributed by atoms with van der Waals surface area (Å²) in [7, 11) is 0. The Labute approximate surface area is 98.1 Å². The molecule has 0 saturated heterocycles. The van der Waals surface area contributed by atoms with E-state index in [0.29, 0.717) is 17.1 Å². The van der Waals surface area contributed by atoms with Crippen molar-refractivity contribution in [2.45, 2.75) is 19.0 Å². The Morgan fingerprint density at radius 1 is 1.35 bits per heavy atom. The molecule has 2 unspecified atom stereocenters. The third kappa shape index (κ3) is 2.04. The zero-order valence-electron chi connectivity index (χ0n) is 9.34. The van der Waals surface area contributed by atoms with Crippen LogP contribution in [-0.2, 0) is 4.79 Å². The summed E-state index contributed by atoms with van der Waals surface area (Å²) in [4.78, 5) is 10.8. The lowest BCUT2D eigenvalue weighted by molar-refractivity contribution is -0.139. The summed E-state index contributed by atoms with van der Waals surface area (Å²) in [6.07, 6.45) is 0. The van der Waals surface area contributed by atoms with Gasteiger partial charge in [0.2, 0.25) is 6.79 Å². The molecule has 6 heteroatoms. The summed E-state index contributed by atoms with van der Waals surface area (Å²) in [5.74, 6) is 0.0792. The molecule has 0 aromatic heterocycles. The maximum atomic E-state index is 10.8. The molecule has 0 saturated carbocycles. The fourth-order valence-electron chi connectivity index (χ4n) is 1.77. The molecule has 17 heavy (non-hydrogen) atoms. The molecule has 1 heterocycles. The average Bonchev–Trinajstić information content (AvgIpc) is 2.72. The summed E-state index contributed by atoms with van der Waals surface area (Å²) >= 11 is 0. The lowest BCUT2D eigenvalue weighted by atomic mass is 9.96. The van der Waals surface area contributed by atoms with E-state index in [4.69, 9.17) is 26.0 Å². The zero-order chi connectivity index (χ0) is 12.6. The zero-order valence-corrected chi connectivity index (χ0v) is 9.34.